The Bertz CT molecular complexity index is 1270. The minimum atomic E-state index is -0.264. The van der Waals surface area contributed by atoms with Crippen molar-refractivity contribution in [2.24, 2.45) is 0 Å². The number of aromatic nitrogens is 5. The Hall–Kier alpha value is -3.26. The van der Waals surface area contributed by atoms with Gasteiger partial charge in [0.1, 0.15) is 5.76 Å². The quantitative estimate of drug-likeness (QED) is 0.419. The predicted molar refractivity (Wildman–Crippen MR) is 128 cm³/mol. The first-order valence-electron chi connectivity index (χ1n) is 11.4. The van der Waals surface area contributed by atoms with Gasteiger partial charge in [0.05, 0.1) is 24.4 Å². The number of H-pyrrole nitrogens is 1. The van der Waals surface area contributed by atoms with Gasteiger partial charge in [-0.3, -0.25) is 9.69 Å². The van der Waals surface area contributed by atoms with Crippen LogP contribution in [0.5, 0.6) is 0 Å². The molecular weight excluding hydrogens is 416 g/mol. The Morgan fingerprint density at radius 3 is 2.70 bits per heavy atom. The van der Waals surface area contributed by atoms with Crippen LogP contribution in [0.15, 0.2) is 51.9 Å². The SMILES string of the molecule is CCCC(c1nnnn1C(C)(C)C)N(Cc1ccco1)Cc1cc2ccc(C)cc2[nH]c1=O. The third-order valence-corrected chi connectivity index (χ3v) is 5.82. The molecule has 0 saturated carbocycles. The smallest absolute Gasteiger partial charge is 0.252 e. The summed E-state index contributed by atoms with van der Waals surface area (Å²) in [6.45, 7) is 11.4. The predicted octanol–water partition coefficient (Wildman–Crippen LogP) is 4.71. The zero-order valence-corrected chi connectivity index (χ0v) is 20.0. The van der Waals surface area contributed by atoms with E-state index in [2.05, 4.69) is 59.2 Å². The molecule has 0 saturated heterocycles. The topological polar surface area (TPSA) is 92.8 Å². The highest BCUT2D eigenvalue weighted by Gasteiger charge is 2.30. The maximum atomic E-state index is 13.0. The van der Waals surface area contributed by atoms with E-state index < -0.39 is 0 Å². The van der Waals surface area contributed by atoms with Gasteiger partial charge >= 0.3 is 0 Å². The summed E-state index contributed by atoms with van der Waals surface area (Å²) >= 11 is 0. The van der Waals surface area contributed by atoms with Gasteiger partial charge in [0.25, 0.3) is 5.56 Å². The van der Waals surface area contributed by atoms with Crippen LogP contribution in [0.1, 0.15) is 69.3 Å². The summed E-state index contributed by atoms with van der Waals surface area (Å²) in [4.78, 5) is 18.3. The Morgan fingerprint density at radius 2 is 2.00 bits per heavy atom. The highest BCUT2D eigenvalue weighted by atomic mass is 16.3. The largest absolute Gasteiger partial charge is 0.468 e. The minimum Gasteiger partial charge on any atom is -0.468 e. The number of aryl methyl sites for hydroxylation is 1. The number of nitrogens with zero attached hydrogens (tertiary/aromatic N) is 5. The molecule has 0 radical (unpaired) electrons. The normalized spacial score (nSPS) is 13.2. The van der Waals surface area contributed by atoms with E-state index >= 15 is 0 Å². The molecule has 1 aromatic carbocycles. The molecule has 0 amide bonds. The molecule has 3 heterocycles. The Kier molecular flexibility index (Phi) is 6.47. The van der Waals surface area contributed by atoms with E-state index in [9.17, 15) is 4.79 Å². The summed E-state index contributed by atoms with van der Waals surface area (Å²) in [7, 11) is 0. The van der Waals surface area contributed by atoms with E-state index in [1.54, 1.807) is 6.26 Å². The van der Waals surface area contributed by atoms with Crippen LogP contribution in [0.4, 0.5) is 0 Å². The standard InChI is InChI=1S/C25H32N6O2/c1-6-8-22(23-27-28-29-31(23)25(3,4)5)30(16-20-9-7-12-33-20)15-19-14-18-11-10-17(2)13-21(18)26-24(19)32/h7,9-14,22H,6,8,15-16H2,1-5H3,(H,26,32). The molecular formula is C25H32N6O2. The first-order chi connectivity index (χ1) is 15.8. The highest BCUT2D eigenvalue weighted by Crippen LogP contribution is 2.30. The lowest BCUT2D eigenvalue weighted by atomic mass is 10.0. The fourth-order valence-electron chi connectivity index (χ4n) is 4.20. The second-order valence-corrected chi connectivity index (χ2v) is 9.62. The Labute approximate surface area is 193 Å². The number of fused-ring (bicyclic) bond motifs is 1. The summed E-state index contributed by atoms with van der Waals surface area (Å²) in [5, 5.41) is 13.7. The van der Waals surface area contributed by atoms with Gasteiger partial charge in [-0.1, -0.05) is 25.5 Å². The first-order valence-corrected chi connectivity index (χ1v) is 11.4. The second-order valence-electron chi connectivity index (χ2n) is 9.62. The van der Waals surface area contributed by atoms with Gasteiger partial charge < -0.3 is 9.40 Å². The number of nitrogens with one attached hydrogen (secondary N) is 1. The van der Waals surface area contributed by atoms with Crippen molar-refractivity contribution in [3.63, 3.8) is 0 Å². The van der Waals surface area contributed by atoms with Crippen molar-refractivity contribution in [2.45, 2.75) is 72.1 Å². The fourth-order valence-corrected chi connectivity index (χ4v) is 4.20. The highest BCUT2D eigenvalue weighted by molar-refractivity contribution is 5.79. The van der Waals surface area contributed by atoms with Crippen LogP contribution in [0.2, 0.25) is 0 Å². The molecule has 0 bridgehead atoms. The van der Waals surface area contributed by atoms with Gasteiger partial charge in [0, 0.05) is 17.6 Å². The van der Waals surface area contributed by atoms with Crippen molar-refractivity contribution in [1.82, 2.24) is 30.1 Å². The van der Waals surface area contributed by atoms with Crippen LogP contribution in [0.25, 0.3) is 10.9 Å². The molecule has 1 N–H and O–H groups in total. The van der Waals surface area contributed by atoms with Crippen molar-refractivity contribution in [2.75, 3.05) is 0 Å². The second kappa shape index (κ2) is 9.31. The number of hydrogen-bond donors (Lipinski definition) is 1. The Morgan fingerprint density at radius 1 is 1.18 bits per heavy atom. The summed E-state index contributed by atoms with van der Waals surface area (Å²) in [5.74, 6) is 1.63. The number of tetrazole rings is 1. The molecule has 4 aromatic rings. The van der Waals surface area contributed by atoms with Crippen molar-refractivity contribution < 1.29 is 4.42 Å². The number of rotatable bonds is 8. The van der Waals surface area contributed by atoms with Gasteiger partial charge in [-0.15, -0.1) is 5.10 Å². The van der Waals surface area contributed by atoms with Crippen LogP contribution in [-0.2, 0) is 18.6 Å². The third-order valence-electron chi connectivity index (χ3n) is 5.82. The van der Waals surface area contributed by atoms with Gasteiger partial charge in [-0.05, 0) is 79.8 Å². The molecule has 0 spiro atoms. The minimum absolute atomic E-state index is 0.0804. The number of pyridine rings is 1. The fraction of sp³-hybridized carbons (Fsp3) is 0.440. The van der Waals surface area contributed by atoms with Crippen molar-refractivity contribution >= 4 is 10.9 Å². The van der Waals surface area contributed by atoms with Crippen LogP contribution >= 0.6 is 0 Å². The third kappa shape index (κ3) is 5.06. The van der Waals surface area contributed by atoms with E-state index in [-0.39, 0.29) is 17.1 Å². The lowest BCUT2D eigenvalue weighted by molar-refractivity contribution is 0.138. The molecule has 33 heavy (non-hydrogen) atoms. The number of furan rings is 1. The lowest BCUT2D eigenvalue weighted by Gasteiger charge is -2.32. The van der Waals surface area contributed by atoms with Gasteiger partial charge in [-0.2, -0.15) is 0 Å². The number of benzene rings is 1. The molecule has 0 aliphatic carbocycles. The Balaban J connectivity index is 1.77. The maximum Gasteiger partial charge on any atom is 0.252 e. The molecule has 0 fully saturated rings. The summed E-state index contributed by atoms with van der Waals surface area (Å²) in [6.07, 6.45) is 3.47. The molecule has 8 nitrogen and oxygen atoms in total. The average molecular weight is 449 g/mol. The molecule has 3 aromatic heterocycles. The van der Waals surface area contributed by atoms with Crippen molar-refractivity contribution in [3.05, 3.63) is 75.7 Å². The molecule has 174 valence electrons. The van der Waals surface area contributed by atoms with Crippen LogP contribution in [0.3, 0.4) is 0 Å². The zero-order chi connectivity index (χ0) is 23.6. The molecule has 1 unspecified atom stereocenters. The summed E-state index contributed by atoms with van der Waals surface area (Å²) in [6, 6.07) is 11.8. The van der Waals surface area contributed by atoms with Crippen LogP contribution in [0, 0.1) is 6.92 Å². The monoisotopic (exact) mass is 448 g/mol. The van der Waals surface area contributed by atoms with E-state index in [1.165, 1.54) is 0 Å². The van der Waals surface area contributed by atoms with Crippen LogP contribution < -0.4 is 5.56 Å². The zero-order valence-electron chi connectivity index (χ0n) is 20.0. The van der Waals surface area contributed by atoms with Gasteiger partial charge in [-0.25, -0.2) is 4.68 Å². The lowest BCUT2D eigenvalue weighted by Crippen LogP contribution is -2.35. The number of aromatic amines is 1. The van der Waals surface area contributed by atoms with Gasteiger partial charge in [0.2, 0.25) is 0 Å². The summed E-state index contributed by atoms with van der Waals surface area (Å²) < 4.78 is 7.56. The van der Waals surface area contributed by atoms with Crippen LogP contribution in [-0.4, -0.2) is 30.1 Å². The average Bonchev–Trinajstić information content (AvgIpc) is 3.44. The van der Waals surface area contributed by atoms with Gasteiger partial charge in [0.15, 0.2) is 5.82 Å². The first kappa shape index (κ1) is 22.9. The maximum absolute atomic E-state index is 13.0. The molecule has 0 aliphatic rings. The van der Waals surface area contributed by atoms with Crippen molar-refractivity contribution in [1.29, 1.82) is 0 Å². The number of hydrogen-bond acceptors (Lipinski definition) is 6. The van der Waals surface area contributed by atoms with E-state index in [1.807, 2.05) is 41.9 Å². The van der Waals surface area contributed by atoms with Crippen molar-refractivity contribution in [3.8, 4) is 0 Å². The van der Waals surface area contributed by atoms with E-state index in [4.69, 9.17) is 4.42 Å². The molecule has 4 rings (SSSR count). The van der Waals surface area contributed by atoms with E-state index in [0.29, 0.717) is 18.7 Å². The molecule has 1 atom stereocenters. The summed E-state index contributed by atoms with van der Waals surface area (Å²) in [5.41, 5.74) is 2.32. The molecule has 0 aliphatic heterocycles. The van der Waals surface area contributed by atoms with E-state index in [0.717, 1.165) is 40.9 Å². The molecule has 8 heteroatoms.